The molecule has 3 aromatic rings. The summed E-state index contributed by atoms with van der Waals surface area (Å²) in [6, 6.07) is 23.8. The van der Waals surface area contributed by atoms with Crippen LogP contribution >= 0.6 is 0 Å². The molecule has 3 aromatic carbocycles. The van der Waals surface area contributed by atoms with Crippen molar-refractivity contribution in [3.63, 3.8) is 0 Å². The molecular formula is C24H24N2O4. The smallest absolute Gasteiger partial charge is 0.262 e. The Morgan fingerprint density at radius 3 is 2.23 bits per heavy atom. The quantitative estimate of drug-likeness (QED) is 0.570. The van der Waals surface area contributed by atoms with E-state index >= 15 is 0 Å². The van der Waals surface area contributed by atoms with Crippen LogP contribution in [0.3, 0.4) is 0 Å². The molecule has 0 aliphatic carbocycles. The number of ether oxygens (including phenoxy) is 2. The van der Waals surface area contributed by atoms with Crippen molar-refractivity contribution in [3.05, 3.63) is 90.0 Å². The summed E-state index contributed by atoms with van der Waals surface area (Å²) >= 11 is 0. The maximum absolute atomic E-state index is 12.6. The van der Waals surface area contributed by atoms with Crippen molar-refractivity contribution < 1.29 is 19.1 Å². The van der Waals surface area contributed by atoms with Gasteiger partial charge in [-0.1, -0.05) is 42.5 Å². The molecule has 0 bridgehead atoms. The SMILES string of the molecule is COc1ccc(OCC(=O)Nc2ccccc2C(=O)NCCc2ccccc2)cc1. The van der Waals surface area contributed by atoms with E-state index in [4.69, 9.17) is 9.47 Å². The molecule has 3 rings (SSSR count). The summed E-state index contributed by atoms with van der Waals surface area (Å²) in [6.07, 6.45) is 0.733. The Balaban J connectivity index is 1.53. The van der Waals surface area contributed by atoms with Crippen LogP contribution in [-0.2, 0) is 11.2 Å². The molecule has 0 aliphatic rings. The van der Waals surface area contributed by atoms with E-state index in [1.807, 2.05) is 30.3 Å². The first-order valence-corrected chi connectivity index (χ1v) is 9.63. The highest BCUT2D eigenvalue weighted by molar-refractivity contribution is 6.04. The van der Waals surface area contributed by atoms with E-state index < -0.39 is 0 Å². The standard InChI is InChI=1S/C24H24N2O4/c1-29-19-11-13-20(14-12-19)30-17-23(27)26-22-10-6-5-9-21(22)24(28)25-16-15-18-7-3-2-4-8-18/h2-14H,15-17H2,1H3,(H,25,28)(H,26,27). The molecular weight excluding hydrogens is 380 g/mol. The molecule has 30 heavy (non-hydrogen) atoms. The number of hydrogen-bond acceptors (Lipinski definition) is 4. The molecule has 2 amide bonds. The van der Waals surface area contributed by atoms with Gasteiger partial charge in [0.05, 0.1) is 18.4 Å². The summed E-state index contributed by atoms with van der Waals surface area (Å²) in [4.78, 5) is 24.9. The third-order valence-corrected chi connectivity index (χ3v) is 4.42. The number of carbonyl (C=O) groups is 2. The lowest BCUT2D eigenvalue weighted by molar-refractivity contribution is -0.118. The van der Waals surface area contributed by atoms with Gasteiger partial charge in [0.2, 0.25) is 0 Å². The van der Waals surface area contributed by atoms with Gasteiger partial charge in [-0.05, 0) is 48.4 Å². The fourth-order valence-electron chi connectivity index (χ4n) is 2.86. The summed E-state index contributed by atoms with van der Waals surface area (Å²) in [5, 5.41) is 5.64. The number of amides is 2. The first-order chi connectivity index (χ1) is 14.7. The van der Waals surface area contributed by atoms with E-state index in [-0.39, 0.29) is 18.4 Å². The molecule has 6 nitrogen and oxygen atoms in total. The summed E-state index contributed by atoms with van der Waals surface area (Å²) in [5.41, 5.74) is 2.00. The lowest BCUT2D eigenvalue weighted by atomic mass is 10.1. The molecule has 2 N–H and O–H groups in total. The predicted octanol–water partition coefficient (Wildman–Crippen LogP) is 3.69. The van der Waals surface area contributed by atoms with Gasteiger partial charge in [0.1, 0.15) is 11.5 Å². The average Bonchev–Trinajstić information content (AvgIpc) is 2.79. The van der Waals surface area contributed by atoms with E-state index in [1.54, 1.807) is 55.6 Å². The number of methoxy groups -OCH3 is 1. The number of hydrogen-bond donors (Lipinski definition) is 2. The molecule has 0 radical (unpaired) electrons. The van der Waals surface area contributed by atoms with E-state index in [9.17, 15) is 9.59 Å². The van der Waals surface area contributed by atoms with E-state index in [0.29, 0.717) is 29.3 Å². The van der Waals surface area contributed by atoms with Crippen LogP contribution in [0.25, 0.3) is 0 Å². The van der Waals surface area contributed by atoms with Gasteiger partial charge in [-0.3, -0.25) is 9.59 Å². The average molecular weight is 404 g/mol. The van der Waals surface area contributed by atoms with Crippen LogP contribution < -0.4 is 20.1 Å². The van der Waals surface area contributed by atoms with Crippen molar-refractivity contribution in [2.75, 3.05) is 25.6 Å². The first kappa shape index (κ1) is 20.9. The molecule has 6 heteroatoms. The fourth-order valence-corrected chi connectivity index (χ4v) is 2.86. The van der Waals surface area contributed by atoms with E-state index in [2.05, 4.69) is 10.6 Å². The molecule has 0 heterocycles. The van der Waals surface area contributed by atoms with Gasteiger partial charge in [0, 0.05) is 6.54 Å². The van der Waals surface area contributed by atoms with Gasteiger partial charge in [-0.15, -0.1) is 0 Å². The summed E-state index contributed by atoms with van der Waals surface area (Å²) in [6.45, 7) is 0.335. The number of nitrogens with one attached hydrogen (secondary N) is 2. The Kier molecular flexibility index (Phi) is 7.44. The first-order valence-electron chi connectivity index (χ1n) is 9.63. The molecule has 0 saturated carbocycles. The Labute approximate surface area is 175 Å². The second kappa shape index (κ2) is 10.7. The molecule has 0 fully saturated rings. The zero-order valence-corrected chi connectivity index (χ0v) is 16.8. The third-order valence-electron chi connectivity index (χ3n) is 4.42. The lowest BCUT2D eigenvalue weighted by Gasteiger charge is -2.12. The van der Waals surface area contributed by atoms with Crippen LogP contribution in [0, 0.1) is 0 Å². The van der Waals surface area contributed by atoms with Crippen molar-refractivity contribution in [2.24, 2.45) is 0 Å². The largest absolute Gasteiger partial charge is 0.497 e. The van der Waals surface area contributed by atoms with Gasteiger partial charge in [0.15, 0.2) is 6.61 Å². The summed E-state index contributed by atoms with van der Waals surface area (Å²) in [7, 11) is 1.58. The number of benzene rings is 3. The molecule has 0 atom stereocenters. The van der Waals surface area contributed by atoms with Crippen molar-refractivity contribution in [1.29, 1.82) is 0 Å². The topological polar surface area (TPSA) is 76.7 Å². The number of carbonyl (C=O) groups excluding carboxylic acids is 2. The number of rotatable bonds is 9. The van der Waals surface area contributed by atoms with Crippen molar-refractivity contribution in [2.45, 2.75) is 6.42 Å². The molecule has 0 saturated heterocycles. The van der Waals surface area contributed by atoms with Crippen molar-refractivity contribution >= 4 is 17.5 Å². The summed E-state index contributed by atoms with van der Waals surface area (Å²) < 4.78 is 10.6. The highest BCUT2D eigenvalue weighted by Crippen LogP contribution is 2.18. The van der Waals surface area contributed by atoms with Crippen LogP contribution in [0.15, 0.2) is 78.9 Å². The van der Waals surface area contributed by atoms with Gasteiger partial charge < -0.3 is 20.1 Å². The van der Waals surface area contributed by atoms with Gasteiger partial charge >= 0.3 is 0 Å². The van der Waals surface area contributed by atoms with Gasteiger partial charge in [-0.25, -0.2) is 0 Å². The van der Waals surface area contributed by atoms with E-state index in [1.165, 1.54) is 0 Å². The molecule has 154 valence electrons. The lowest BCUT2D eigenvalue weighted by Crippen LogP contribution is -2.28. The minimum atomic E-state index is -0.352. The van der Waals surface area contributed by atoms with Crippen LogP contribution in [-0.4, -0.2) is 32.1 Å². The molecule has 0 unspecified atom stereocenters. The second-order valence-corrected chi connectivity index (χ2v) is 6.55. The van der Waals surface area contributed by atoms with Crippen LogP contribution in [0.1, 0.15) is 15.9 Å². The Hall–Kier alpha value is -3.80. The number of anilines is 1. The van der Waals surface area contributed by atoms with Gasteiger partial charge in [0.25, 0.3) is 11.8 Å². The molecule has 0 spiro atoms. The molecule has 0 aromatic heterocycles. The minimum Gasteiger partial charge on any atom is -0.497 e. The molecule has 0 aliphatic heterocycles. The predicted molar refractivity (Wildman–Crippen MR) is 116 cm³/mol. The minimum absolute atomic E-state index is 0.170. The zero-order chi connectivity index (χ0) is 21.2. The Morgan fingerprint density at radius 2 is 1.50 bits per heavy atom. The third kappa shape index (κ3) is 6.10. The van der Waals surface area contributed by atoms with Crippen molar-refractivity contribution in [3.8, 4) is 11.5 Å². The van der Waals surface area contributed by atoms with Crippen LogP contribution in [0.5, 0.6) is 11.5 Å². The Bertz CT molecular complexity index is 972. The maximum atomic E-state index is 12.6. The second-order valence-electron chi connectivity index (χ2n) is 6.55. The fraction of sp³-hybridized carbons (Fsp3) is 0.167. The normalized spacial score (nSPS) is 10.2. The van der Waals surface area contributed by atoms with Gasteiger partial charge in [-0.2, -0.15) is 0 Å². The highest BCUT2D eigenvalue weighted by atomic mass is 16.5. The highest BCUT2D eigenvalue weighted by Gasteiger charge is 2.13. The summed E-state index contributed by atoms with van der Waals surface area (Å²) in [5.74, 6) is 0.671. The number of para-hydroxylation sites is 1. The monoisotopic (exact) mass is 404 g/mol. The van der Waals surface area contributed by atoms with Crippen LogP contribution in [0.4, 0.5) is 5.69 Å². The van der Waals surface area contributed by atoms with E-state index in [0.717, 1.165) is 12.0 Å². The van der Waals surface area contributed by atoms with Crippen molar-refractivity contribution in [1.82, 2.24) is 5.32 Å². The zero-order valence-electron chi connectivity index (χ0n) is 16.8. The Morgan fingerprint density at radius 1 is 0.833 bits per heavy atom. The maximum Gasteiger partial charge on any atom is 0.262 e. The van der Waals surface area contributed by atoms with Crippen LogP contribution in [0.2, 0.25) is 0 Å².